The first-order valence-electron chi connectivity index (χ1n) is 9.23. The van der Waals surface area contributed by atoms with E-state index >= 15 is 0 Å². The summed E-state index contributed by atoms with van der Waals surface area (Å²) < 4.78 is 68.9. The number of benzene rings is 2. The first kappa shape index (κ1) is 20.6. The van der Waals surface area contributed by atoms with Crippen molar-refractivity contribution in [2.75, 3.05) is 22.1 Å². The highest BCUT2D eigenvalue weighted by molar-refractivity contribution is 6.00. The Balaban J connectivity index is 1.56. The lowest BCUT2D eigenvalue weighted by molar-refractivity contribution is 0.262. The summed E-state index contributed by atoms with van der Waals surface area (Å²) >= 11 is 0. The number of anilines is 3. The Morgan fingerprint density at radius 3 is 2.23 bits per heavy atom. The number of para-hydroxylation sites is 1. The van der Waals surface area contributed by atoms with Crippen LogP contribution in [0.15, 0.2) is 42.5 Å². The minimum absolute atomic E-state index is 0.00339. The first-order chi connectivity index (χ1) is 14.8. The van der Waals surface area contributed by atoms with E-state index in [2.05, 4.69) is 15.6 Å². The van der Waals surface area contributed by atoms with Gasteiger partial charge in [-0.05, 0) is 35.7 Å². The molecule has 3 aromatic rings. The van der Waals surface area contributed by atoms with E-state index in [9.17, 15) is 26.7 Å². The van der Waals surface area contributed by atoms with Crippen molar-refractivity contribution >= 4 is 23.1 Å². The Morgan fingerprint density at radius 2 is 1.52 bits per heavy atom. The number of pyridine rings is 1. The van der Waals surface area contributed by atoms with Crippen molar-refractivity contribution in [1.82, 2.24) is 4.98 Å². The van der Waals surface area contributed by atoms with Crippen molar-refractivity contribution in [3.8, 4) is 0 Å². The number of hydrogen-bond donors (Lipinski definition) is 2. The van der Waals surface area contributed by atoms with Gasteiger partial charge in [-0.3, -0.25) is 0 Å². The van der Waals surface area contributed by atoms with Gasteiger partial charge in [0.1, 0.15) is 11.5 Å². The normalized spacial score (nSPS) is 13.0. The maximum atomic E-state index is 14.1. The summed E-state index contributed by atoms with van der Waals surface area (Å²) in [7, 11) is 0. The largest absolute Gasteiger partial charge is 0.362 e. The third-order valence-corrected chi connectivity index (χ3v) is 4.93. The van der Waals surface area contributed by atoms with E-state index in [1.807, 2.05) is 0 Å². The average molecular weight is 434 g/mol. The zero-order valence-electron chi connectivity index (χ0n) is 15.9. The zero-order chi connectivity index (χ0) is 22.1. The first-order valence-corrected chi connectivity index (χ1v) is 9.23. The van der Waals surface area contributed by atoms with Crippen molar-refractivity contribution in [3.05, 3.63) is 82.9 Å². The standard InChI is InChI=1S/C21H15F5N4O/c22-13-5-1-2-6-15(13)28-21(31)27-14-7-3-4-11-10-30(9-8-12(11)14)18-16(23)19(25)29-20(26)17(18)24/h1-7H,8-10H2,(H2,27,28,31). The maximum absolute atomic E-state index is 14.1. The van der Waals surface area contributed by atoms with Crippen LogP contribution in [0.2, 0.25) is 0 Å². The molecule has 0 saturated carbocycles. The fourth-order valence-electron chi connectivity index (χ4n) is 3.51. The smallest absolute Gasteiger partial charge is 0.323 e. The summed E-state index contributed by atoms with van der Waals surface area (Å²) in [5.41, 5.74) is 0.901. The van der Waals surface area contributed by atoms with E-state index in [4.69, 9.17) is 0 Å². The molecule has 1 aliphatic rings. The number of nitrogens with one attached hydrogen (secondary N) is 2. The van der Waals surface area contributed by atoms with E-state index in [1.165, 1.54) is 23.1 Å². The molecule has 0 unspecified atom stereocenters. The molecule has 10 heteroatoms. The third-order valence-electron chi connectivity index (χ3n) is 4.93. The second kappa shape index (κ2) is 8.21. The summed E-state index contributed by atoms with van der Waals surface area (Å²) in [6.45, 7) is -0.00607. The van der Waals surface area contributed by atoms with Gasteiger partial charge in [0.15, 0.2) is 0 Å². The molecule has 4 rings (SSSR count). The molecule has 2 amide bonds. The molecular formula is C21H15F5N4O. The Hall–Kier alpha value is -3.69. The molecule has 0 atom stereocenters. The molecule has 0 fully saturated rings. The predicted octanol–water partition coefficient (Wildman–Crippen LogP) is 4.98. The van der Waals surface area contributed by atoms with Gasteiger partial charge in [-0.15, -0.1) is 0 Å². The molecule has 0 radical (unpaired) electrons. The molecular weight excluding hydrogens is 419 g/mol. The molecule has 1 aromatic heterocycles. The number of rotatable bonds is 3. The molecule has 0 bridgehead atoms. The number of carbonyl (C=O) groups is 1. The van der Waals surface area contributed by atoms with Gasteiger partial charge < -0.3 is 15.5 Å². The molecule has 2 N–H and O–H groups in total. The summed E-state index contributed by atoms with van der Waals surface area (Å²) in [4.78, 5) is 16.0. The van der Waals surface area contributed by atoms with E-state index < -0.39 is 41.1 Å². The Morgan fingerprint density at radius 1 is 0.871 bits per heavy atom. The van der Waals surface area contributed by atoms with Gasteiger partial charge >= 0.3 is 6.03 Å². The molecule has 0 saturated heterocycles. The topological polar surface area (TPSA) is 57.3 Å². The van der Waals surface area contributed by atoms with E-state index in [0.717, 1.165) is 0 Å². The number of fused-ring (bicyclic) bond motifs is 1. The Kier molecular flexibility index (Phi) is 5.45. The van der Waals surface area contributed by atoms with Crippen molar-refractivity contribution in [1.29, 1.82) is 0 Å². The Labute approximate surface area is 173 Å². The van der Waals surface area contributed by atoms with Crippen LogP contribution < -0.4 is 15.5 Å². The lowest BCUT2D eigenvalue weighted by Crippen LogP contribution is -2.33. The van der Waals surface area contributed by atoms with Gasteiger partial charge in [-0.2, -0.15) is 22.5 Å². The van der Waals surface area contributed by atoms with Crippen molar-refractivity contribution in [2.45, 2.75) is 13.0 Å². The Bertz CT molecular complexity index is 1140. The quantitative estimate of drug-likeness (QED) is 0.452. The van der Waals surface area contributed by atoms with E-state index in [0.29, 0.717) is 16.8 Å². The molecule has 160 valence electrons. The summed E-state index contributed by atoms with van der Waals surface area (Å²) in [6.07, 6.45) is 0.232. The molecule has 2 aromatic carbocycles. The molecule has 2 heterocycles. The van der Waals surface area contributed by atoms with Crippen LogP contribution in [0.1, 0.15) is 11.1 Å². The van der Waals surface area contributed by atoms with Gasteiger partial charge in [-0.25, -0.2) is 9.18 Å². The number of halogens is 5. The van der Waals surface area contributed by atoms with E-state index in [-0.39, 0.29) is 25.2 Å². The van der Waals surface area contributed by atoms with Crippen LogP contribution >= 0.6 is 0 Å². The van der Waals surface area contributed by atoms with Gasteiger partial charge in [0, 0.05) is 18.8 Å². The second-order valence-electron chi connectivity index (χ2n) is 6.84. The monoisotopic (exact) mass is 434 g/mol. The third kappa shape index (κ3) is 4.00. The number of nitrogens with zero attached hydrogens (tertiary/aromatic N) is 2. The predicted molar refractivity (Wildman–Crippen MR) is 104 cm³/mol. The number of carbonyl (C=O) groups excluding carboxylic acids is 1. The van der Waals surface area contributed by atoms with Crippen LogP contribution in [0, 0.1) is 29.3 Å². The number of aromatic nitrogens is 1. The van der Waals surface area contributed by atoms with Gasteiger partial charge in [0.2, 0.25) is 11.6 Å². The van der Waals surface area contributed by atoms with Gasteiger partial charge in [0.25, 0.3) is 11.9 Å². The highest BCUT2D eigenvalue weighted by atomic mass is 19.2. The molecule has 5 nitrogen and oxygen atoms in total. The van der Waals surface area contributed by atoms with Crippen LogP contribution in [0.3, 0.4) is 0 Å². The van der Waals surface area contributed by atoms with Gasteiger partial charge in [0.05, 0.1) is 5.69 Å². The molecule has 0 spiro atoms. The lowest BCUT2D eigenvalue weighted by Gasteiger charge is -2.32. The van der Waals surface area contributed by atoms with Crippen LogP contribution in [-0.4, -0.2) is 17.6 Å². The summed E-state index contributed by atoms with van der Waals surface area (Å²) in [6, 6.07) is 9.91. The minimum Gasteiger partial charge on any atom is -0.362 e. The van der Waals surface area contributed by atoms with Crippen LogP contribution in [-0.2, 0) is 13.0 Å². The molecule has 31 heavy (non-hydrogen) atoms. The zero-order valence-corrected chi connectivity index (χ0v) is 15.9. The van der Waals surface area contributed by atoms with Gasteiger partial charge in [-0.1, -0.05) is 24.3 Å². The fraction of sp³-hybridized carbons (Fsp3) is 0.143. The van der Waals surface area contributed by atoms with Crippen molar-refractivity contribution in [3.63, 3.8) is 0 Å². The van der Waals surface area contributed by atoms with E-state index in [1.54, 1.807) is 24.3 Å². The summed E-state index contributed by atoms with van der Waals surface area (Å²) in [5.74, 6) is -7.18. The second-order valence-corrected chi connectivity index (χ2v) is 6.84. The number of amides is 2. The highest BCUT2D eigenvalue weighted by Crippen LogP contribution is 2.33. The lowest BCUT2D eigenvalue weighted by atomic mass is 9.97. The molecule has 0 aliphatic carbocycles. The minimum atomic E-state index is -1.72. The van der Waals surface area contributed by atoms with Crippen LogP contribution in [0.25, 0.3) is 0 Å². The fourth-order valence-corrected chi connectivity index (χ4v) is 3.51. The highest BCUT2D eigenvalue weighted by Gasteiger charge is 2.28. The number of hydrogen-bond acceptors (Lipinski definition) is 3. The van der Waals surface area contributed by atoms with Crippen LogP contribution in [0.5, 0.6) is 0 Å². The van der Waals surface area contributed by atoms with Crippen LogP contribution in [0.4, 0.5) is 43.8 Å². The molecule has 1 aliphatic heterocycles. The maximum Gasteiger partial charge on any atom is 0.323 e. The van der Waals surface area contributed by atoms with Crippen molar-refractivity contribution in [2.24, 2.45) is 0 Å². The SMILES string of the molecule is O=C(Nc1ccccc1F)Nc1cccc2c1CCN(c1c(F)c(F)nc(F)c1F)C2. The average Bonchev–Trinajstić information content (AvgIpc) is 2.74. The summed E-state index contributed by atoms with van der Waals surface area (Å²) in [5, 5.41) is 5.03. The van der Waals surface area contributed by atoms with Crippen molar-refractivity contribution < 1.29 is 26.7 Å². The number of urea groups is 1.